The summed E-state index contributed by atoms with van der Waals surface area (Å²) in [5.74, 6) is 0. The number of hydrogen-bond acceptors (Lipinski definition) is 2. The highest BCUT2D eigenvalue weighted by Gasteiger charge is 2.08. The van der Waals surface area contributed by atoms with Crippen LogP contribution in [0.25, 0.3) is 0 Å². The minimum atomic E-state index is -0.506. The molecule has 0 spiro atoms. The van der Waals surface area contributed by atoms with Gasteiger partial charge in [0.05, 0.1) is 21.1 Å². The van der Waals surface area contributed by atoms with Gasteiger partial charge in [-0.2, -0.15) is 5.26 Å². The molecule has 0 aliphatic rings. The van der Waals surface area contributed by atoms with Crippen LogP contribution >= 0.6 is 58.2 Å². The lowest BCUT2D eigenvalue weighted by Crippen LogP contribution is -1.98. The molecule has 0 aromatic heterocycles. The van der Waals surface area contributed by atoms with Gasteiger partial charge in [-0.05, 0) is 29.8 Å². The third kappa shape index (κ3) is 4.71. The van der Waals surface area contributed by atoms with E-state index in [9.17, 15) is 0 Å². The Labute approximate surface area is 147 Å². The molecule has 108 valence electrons. The van der Waals surface area contributed by atoms with E-state index in [4.69, 9.17) is 51.7 Å². The van der Waals surface area contributed by atoms with Gasteiger partial charge >= 0.3 is 0 Å². The van der Waals surface area contributed by atoms with Crippen LogP contribution in [0.4, 0.5) is 0 Å². The molecule has 0 saturated carbocycles. The van der Waals surface area contributed by atoms with E-state index >= 15 is 0 Å². The lowest BCUT2D eigenvalue weighted by Gasteiger charge is -2.07. The largest absolute Gasteiger partial charge is 0.197 e. The van der Waals surface area contributed by atoms with E-state index in [0.717, 1.165) is 15.4 Å². The first-order valence-electron chi connectivity index (χ1n) is 5.94. The summed E-state index contributed by atoms with van der Waals surface area (Å²) in [6, 6.07) is 13.2. The summed E-state index contributed by atoms with van der Waals surface area (Å²) in [5, 5.41) is 9.66. The lowest BCUT2D eigenvalue weighted by atomic mass is 10.1. The minimum Gasteiger partial charge on any atom is -0.197 e. The number of alkyl halides is 1. The zero-order valence-electron chi connectivity index (χ0n) is 10.6. The Morgan fingerprint density at radius 2 is 1.62 bits per heavy atom. The zero-order valence-corrected chi connectivity index (χ0v) is 14.5. The molecule has 21 heavy (non-hydrogen) atoms. The van der Waals surface area contributed by atoms with Crippen molar-refractivity contribution in [3.05, 3.63) is 57.0 Å². The van der Waals surface area contributed by atoms with Crippen molar-refractivity contribution in [3.63, 3.8) is 0 Å². The van der Waals surface area contributed by atoms with Crippen LogP contribution < -0.4 is 0 Å². The van der Waals surface area contributed by atoms with E-state index in [1.807, 2.05) is 30.3 Å². The summed E-state index contributed by atoms with van der Waals surface area (Å²) in [5.41, 5.74) is 1.01. The van der Waals surface area contributed by atoms with Crippen LogP contribution in [0.5, 0.6) is 0 Å². The molecule has 6 heteroatoms. The first-order valence-corrected chi connectivity index (χ1v) is 8.33. The SMILES string of the molecule is N#CC(Cl)Cc1ccc(Sc2cc(Cl)c(Cl)cc2Cl)cc1. The molecule has 1 unspecified atom stereocenters. The predicted molar refractivity (Wildman–Crippen MR) is 91.0 cm³/mol. The molecule has 0 radical (unpaired) electrons. The summed E-state index contributed by atoms with van der Waals surface area (Å²) >= 11 is 25.4. The van der Waals surface area contributed by atoms with Gasteiger partial charge in [0.25, 0.3) is 0 Å². The second-order valence-corrected chi connectivity index (χ2v) is 7.11. The van der Waals surface area contributed by atoms with Crippen molar-refractivity contribution in [3.8, 4) is 6.07 Å². The molecule has 0 aliphatic heterocycles. The summed E-state index contributed by atoms with van der Waals surface area (Å²) in [4.78, 5) is 1.85. The van der Waals surface area contributed by atoms with Gasteiger partial charge in [-0.15, -0.1) is 11.6 Å². The molecule has 0 bridgehead atoms. The van der Waals surface area contributed by atoms with Gasteiger partial charge in [0.1, 0.15) is 5.38 Å². The van der Waals surface area contributed by atoms with Gasteiger partial charge in [-0.1, -0.05) is 58.7 Å². The molecule has 0 heterocycles. The smallest absolute Gasteiger partial charge is 0.124 e. The number of nitriles is 1. The van der Waals surface area contributed by atoms with E-state index in [1.54, 1.807) is 12.1 Å². The number of benzene rings is 2. The van der Waals surface area contributed by atoms with Crippen LogP contribution in [-0.4, -0.2) is 5.38 Å². The Bertz CT molecular complexity index is 679. The maximum absolute atomic E-state index is 8.70. The van der Waals surface area contributed by atoms with Gasteiger partial charge in [0.15, 0.2) is 0 Å². The molecular formula is C15H9Cl4NS. The number of halogens is 4. The highest BCUT2D eigenvalue weighted by atomic mass is 35.5. The van der Waals surface area contributed by atoms with Crippen LogP contribution in [0.15, 0.2) is 46.2 Å². The third-order valence-corrected chi connectivity index (χ3v) is 5.15. The summed E-state index contributed by atoms with van der Waals surface area (Å²) in [6.45, 7) is 0. The maximum atomic E-state index is 8.70. The van der Waals surface area contributed by atoms with E-state index in [-0.39, 0.29) is 0 Å². The lowest BCUT2D eigenvalue weighted by molar-refractivity contribution is 1.01. The molecular weight excluding hydrogens is 368 g/mol. The molecule has 2 aromatic carbocycles. The summed E-state index contributed by atoms with van der Waals surface area (Å²) in [6.07, 6.45) is 0.524. The van der Waals surface area contributed by atoms with Gasteiger partial charge in [-0.25, -0.2) is 0 Å². The van der Waals surface area contributed by atoms with Gasteiger partial charge in [0, 0.05) is 16.2 Å². The Morgan fingerprint density at radius 3 is 2.24 bits per heavy atom. The molecule has 1 nitrogen and oxygen atoms in total. The van der Waals surface area contributed by atoms with Crippen molar-refractivity contribution in [2.45, 2.75) is 21.6 Å². The average Bonchev–Trinajstić information content (AvgIpc) is 2.46. The van der Waals surface area contributed by atoms with Crippen molar-refractivity contribution in [2.75, 3.05) is 0 Å². The Hall–Kier alpha value is -0.560. The molecule has 0 N–H and O–H groups in total. The predicted octanol–water partition coefficient (Wildman–Crippen LogP) is 6.47. The van der Waals surface area contributed by atoms with E-state index in [2.05, 4.69) is 0 Å². The summed E-state index contributed by atoms with van der Waals surface area (Å²) in [7, 11) is 0. The van der Waals surface area contributed by atoms with Crippen molar-refractivity contribution < 1.29 is 0 Å². The second-order valence-electron chi connectivity index (χ2n) is 4.24. The normalized spacial score (nSPS) is 12.0. The molecule has 2 rings (SSSR count). The fraction of sp³-hybridized carbons (Fsp3) is 0.133. The topological polar surface area (TPSA) is 23.8 Å². The summed E-state index contributed by atoms with van der Waals surface area (Å²) < 4.78 is 0. The van der Waals surface area contributed by atoms with E-state index in [0.29, 0.717) is 21.5 Å². The standard InChI is InChI=1S/C15H9Cl4NS/c16-10(8-20)5-9-1-3-11(4-2-9)21-15-7-13(18)12(17)6-14(15)19/h1-4,6-7,10H,5H2. The maximum Gasteiger partial charge on any atom is 0.124 e. The molecule has 1 atom stereocenters. The molecule has 0 fully saturated rings. The Kier molecular flexibility index (Phi) is 6.10. The quantitative estimate of drug-likeness (QED) is 0.450. The van der Waals surface area contributed by atoms with Gasteiger partial charge in [-0.3, -0.25) is 0 Å². The average molecular weight is 377 g/mol. The van der Waals surface area contributed by atoms with Gasteiger partial charge < -0.3 is 0 Å². The second kappa shape index (κ2) is 7.63. The monoisotopic (exact) mass is 375 g/mol. The van der Waals surface area contributed by atoms with E-state index < -0.39 is 5.38 Å². The fourth-order valence-corrected chi connectivity index (χ4v) is 3.42. The Balaban J connectivity index is 2.14. The van der Waals surface area contributed by atoms with Gasteiger partial charge in [0.2, 0.25) is 0 Å². The van der Waals surface area contributed by atoms with Crippen molar-refractivity contribution in [2.24, 2.45) is 0 Å². The zero-order chi connectivity index (χ0) is 15.4. The van der Waals surface area contributed by atoms with Crippen molar-refractivity contribution >= 4 is 58.2 Å². The molecule has 0 amide bonds. The highest BCUT2D eigenvalue weighted by Crippen LogP contribution is 2.38. The minimum absolute atomic E-state index is 0.436. The van der Waals surface area contributed by atoms with E-state index in [1.165, 1.54) is 11.8 Å². The number of nitrogens with zero attached hydrogens (tertiary/aromatic N) is 1. The first-order chi connectivity index (χ1) is 9.99. The fourth-order valence-electron chi connectivity index (χ4n) is 1.66. The van der Waals surface area contributed by atoms with Crippen molar-refractivity contribution in [1.82, 2.24) is 0 Å². The molecule has 2 aromatic rings. The van der Waals surface area contributed by atoms with Crippen molar-refractivity contribution in [1.29, 1.82) is 5.26 Å². The van der Waals surface area contributed by atoms with Crippen LogP contribution in [0.1, 0.15) is 5.56 Å². The number of rotatable bonds is 4. The van der Waals surface area contributed by atoms with Crippen LogP contribution in [0.2, 0.25) is 15.1 Å². The van der Waals surface area contributed by atoms with Crippen LogP contribution in [0.3, 0.4) is 0 Å². The van der Waals surface area contributed by atoms with Crippen LogP contribution in [-0.2, 0) is 6.42 Å². The van der Waals surface area contributed by atoms with Crippen LogP contribution in [0, 0.1) is 11.3 Å². The third-order valence-electron chi connectivity index (χ3n) is 2.68. The first kappa shape index (κ1) is 16.8. The molecule has 0 saturated heterocycles. The Morgan fingerprint density at radius 1 is 1.00 bits per heavy atom. The highest BCUT2D eigenvalue weighted by molar-refractivity contribution is 7.99. The molecule has 0 aliphatic carbocycles. The number of hydrogen-bond donors (Lipinski definition) is 0.